The largest absolute Gasteiger partial charge is 0.573 e. The van der Waals surface area contributed by atoms with Crippen molar-refractivity contribution in [2.45, 2.75) is 17.8 Å². The minimum Gasteiger partial charge on any atom is -0.406 e. The number of hydrogen-bond donors (Lipinski definition) is 0. The first-order valence-electron chi connectivity index (χ1n) is 6.44. The number of nitrogens with zero attached hydrogens (tertiary/aromatic N) is 1. The first-order chi connectivity index (χ1) is 11.1. The molecule has 0 amide bonds. The van der Waals surface area contributed by atoms with Gasteiger partial charge < -0.3 is 4.74 Å². The SMILES string of the molecule is O=S1(=O)c2ccc(Br)cc2CN1c1cc(OC(F)(F)F)ccc1Cl. The molecule has 0 bridgehead atoms. The van der Waals surface area contributed by atoms with Crippen molar-refractivity contribution in [3.63, 3.8) is 0 Å². The van der Waals surface area contributed by atoms with E-state index in [1.165, 1.54) is 6.07 Å². The van der Waals surface area contributed by atoms with E-state index in [0.29, 0.717) is 10.0 Å². The van der Waals surface area contributed by atoms with Crippen molar-refractivity contribution >= 4 is 43.2 Å². The molecule has 1 aliphatic heterocycles. The molecule has 1 aliphatic rings. The van der Waals surface area contributed by atoms with Gasteiger partial charge in [0.1, 0.15) is 5.75 Å². The number of hydrogen-bond acceptors (Lipinski definition) is 3. The summed E-state index contributed by atoms with van der Waals surface area (Å²) in [5.41, 5.74) is 0.438. The van der Waals surface area contributed by atoms with Crippen LogP contribution in [0.2, 0.25) is 5.02 Å². The van der Waals surface area contributed by atoms with Crippen LogP contribution >= 0.6 is 27.5 Å². The Labute approximate surface area is 149 Å². The highest BCUT2D eigenvalue weighted by molar-refractivity contribution is 9.10. The number of alkyl halides is 3. The molecule has 0 saturated carbocycles. The van der Waals surface area contributed by atoms with E-state index < -0.39 is 22.1 Å². The van der Waals surface area contributed by atoms with Crippen molar-refractivity contribution in [3.05, 3.63) is 51.5 Å². The first-order valence-corrected chi connectivity index (χ1v) is 9.05. The predicted molar refractivity (Wildman–Crippen MR) is 85.6 cm³/mol. The number of anilines is 1. The van der Waals surface area contributed by atoms with E-state index in [2.05, 4.69) is 20.7 Å². The molecule has 2 aromatic rings. The molecule has 0 aliphatic carbocycles. The third kappa shape index (κ3) is 3.20. The molecule has 24 heavy (non-hydrogen) atoms. The molecule has 0 spiro atoms. The Morgan fingerprint density at radius 1 is 1.17 bits per heavy atom. The fraction of sp³-hybridized carbons (Fsp3) is 0.143. The summed E-state index contributed by atoms with van der Waals surface area (Å²) >= 11 is 9.25. The highest BCUT2D eigenvalue weighted by atomic mass is 79.9. The lowest BCUT2D eigenvalue weighted by Gasteiger charge is -2.19. The second kappa shape index (κ2) is 5.82. The van der Waals surface area contributed by atoms with E-state index in [9.17, 15) is 21.6 Å². The summed E-state index contributed by atoms with van der Waals surface area (Å²) in [6.45, 7) is -0.0354. The van der Waals surface area contributed by atoms with Crippen LogP contribution < -0.4 is 9.04 Å². The van der Waals surface area contributed by atoms with Gasteiger partial charge >= 0.3 is 6.36 Å². The zero-order chi connectivity index (χ0) is 17.7. The highest BCUT2D eigenvalue weighted by Crippen LogP contribution is 2.41. The lowest BCUT2D eigenvalue weighted by atomic mass is 10.2. The zero-order valence-electron chi connectivity index (χ0n) is 11.6. The average Bonchev–Trinajstić information content (AvgIpc) is 2.70. The Morgan fingerprint density at radius 3 is 2.54 bits per heavy atom. The monoisotopic (exact) mass is 441 g/mol. The normalized spacial score (nSPS) is 16.1. The minimum atomic E-state index is -4.89. The Hall–Kier alpha value is -1.45. The maximum absolute atomic E-state index is 12.6. The van der Waals surface area contributed by atoms with Gasteiger partial charge in [-0.05, 0) is 35.9 Å². The average molecular weight is 443 g/mol. The Kier molecular flexibility index (Phi) is 4.21. The van der Waals surface area contributed by atoms with Crippen molar-refractivity contribution in [1.82, 2.24) is 0 Å². The van der Waals surface area contributed by atoms with Crippen molar-refractivity contribution in [2.24, 2.45) is 0 Å². The second-order valence-corrected chi connectivity index (χ2v) is 8.08. The molecule has 10 heteroatoms. The molecular formula is C14H8BrClF3NO3S. The smallest absolute Gasteiger partial charge is 0.406 e. The summed E-state index contributed by atoms with van der Waals surface area (Å²) in [6, 6.07) is 7.77. The molecule has 2 aromatic carbocycles. The van der Waals surface area contributed by atoms with Crippen LogP contribution in [0, 0.1) is 0 Å². The van der Waals surface area contributed by atoms with Crippen LogP contribution in [0.3, 0.4) is 0 Å². The second-order valence-electron chi connectivity index (χ2n) is 4.92. The van der Waals surface area contributed by atoms with Crippen LogP contribution in [0.15, 0.2) is 45.8 Å². The molecule has 0 saturated heterocycles. The van der Waals surface area contributed by atoms with Crippen molar-refractivity contribution < 1.29 is 26.3 Å². The Balaban J connectivity index is 2.06. The van der Waals surface area contributed by atoms with E-state index in [1.807, 2.05) is 0 Å². The lowest BCUT2D eigenvalue weighted by molar-refractivity contribution is -0.274. The maximum Gasteiger partial charge on any atom is 0.573 e. The van der Waals surface area contributed by atoms with Gasteiger partial charge in [-0.3, -0.25) is 4.31 Å². The summed E-state index contributed by atoms with van der Waals surface area (Å²) in [5.74, 6) is -0.547. The van der Waals surface area contributed by atoms with Crippen molar-refractivity contribution in [2.75, 3.05) is 4.31 Å². The maximum atomic E-state index is 12.6. The topological polar surface area (TPSA) is 46.6 Å². The van der Waals surface area contributed by atoms with E-state index in [-0.39, 0.29) is 22.2 Å². The molecule has 0 aromatic heterocycles. The molecule has 0 fully saturated rings. The quantitative estimate of drug-likeness (QED) is 0.677. The lowest BCUT2D eigenvalue weighted by Crippen LogP contribution is -2.24. The van der Waals surface area contributed by atoms with Gasteiger partial charge in [0.05, 0.1) is 22.2 Å². The summed E-state index contributed by atoms with van der Waals surface area (Å²) in [7, 11) is -3.91. The molecular weight excluding hydrogens is 435 g/mol. The fourth-order valence-electron chi connectivity index (χ4n) is 2.38. The molecule has 0 N–H and O–H groups in total. The number of benzene rings is 2. The van der Waals surface area contributed by atoms with Crippen molar-refractivity contribution in [3.8, 4) is 5.75 Å². The number of ether oxygens (including phenoxy) is 1. The molecule has 1 heterocycles. The van der Waals surface area contributed by atoms with E-state index >= 15 is 0 Å². The number of sulfonamides is 1. The summed E-state index contributed by atoms with van der Waals surface area (Å²) < 4.78 is 67.9. The van der Waals surface area contributed by atoms with Crippen LogP contribution in [0.1, 0.15) is 5.56 Å². The Morgan fingerprint density at radius 2 is 1.88 bits per heavy atom. The van der Waals surface area contributed by atoms with Crippen molar-refractivity contribution in [1.29, 1.82) is 0 Å². The highest BCUT2D eigenvalue weighted by Gasteiger charge is 2.37. The van der Waals surface area contributed by atoms with Crippen LogP contribution in [0.25, 0.3) is 0 Å². The van der Waals surface area contributed by atoms with E-state index in [1.54, 1.807) is 12.1 Å². The van der Waals surface area contributed by atoms with E-state index in [0.717, 1.165) is 22.5 Å². The number of halogens is 5. The summed E-state index contributed by atoms with van der Waals surface area (Å²) in [6.07, 6.45) is -4.89. The van der Waals surface area contributed by atoms with E-state index in [4.69, 9.17) is 11.6 Å². The molecule has 0 radical (unpaired) electrons. The molecule has 0 unspecified atom stereocenters. The van der Waals surface area contributed by atoms with Gasteiger partial charge in [-0.1, -0.05) is 27.5 Å². The van der Waals surface area contributed by atoms with Crippen LogP contribution in [0.4, 0.5) is 18.9 Å². The van der Waals surface area contributed by atoms with Gasteiger partial charge in [0.25, 0.3) is 10.0 Å². The predicted octanol–water partition coefficient (Wildman–Crippen LogP) is 4.71. The van der Waals surface area contributed by atoms with Gasteiger partial charge in [-0.2, -0.15) is 0 Å². The van der Waals surface area contributed by atoms with Gasteiger partial charge in [-0.15, -0.1) is 13.2 Å². The van der Waals surface area contributed by atoms with Gasteiger partial charge in [0.15, 0.2) is 0 Å². The Bertz CT molecular complexity index is 918. The number of fused-ring (bicyclic) bond motifs is 1. The van der Waals surface area contributed by atoms with Gasteiger partial charge in [0.2, 0.25) is 0 Å². The fourth-order valence-corrected chi connectivity index (χ4v) is 4.71. The number of rotatable bonds is 2. The molecule has 0 atom stereocenters. The van der Waals surface area contributed by atoms with Crippen LogP contribution in [-0.4, -0.2) is 14.8 Å². The standard InChI is InChI=1S/C14H8BrClF3NO3S/c15-9-1-4-13-8(5-9)7-20(24(13,21)22)12-6-10(2-3-11(12)16)23-14(17,18)19/h1-6H,7H2. The molecule has 3 rings (SSSR count). The van der Waals surface area contributed by atoms with Crippen LogP contribution in [-0.2, 0) is 16.6 Å². The van der Waals surface area contributed by atoms with Crippen LogP contribution in [0.5, 0.6) is 5.75 Å². The minimum absolute atomic E-state index is 0.0000266. The van der Waals surface area contributed by atoms with Gasteiger partial charge in [0, 0.05) is 10.5 Å². The van der Waals surface area contributed by atoms with Gasteiger partial charge in [-0.25, -0.2) is 8.42 Å². The zero-order valence-corrected chi connectivity index (χ0v) is 14.8. The first kappa shape index (κ1) is 17.4. The third-order valence-corrected chi connectivity index (χ3v) is 6.00. The molecule has 4 nitrogen and oxygen atoms in total. The molecule has 128 valence electrons. The third-order valence-electron chi connectivity index (χ3n) is 3.32. The summed E-state index contributed by atoms with van der Waals surface area (Å²) in [5, 5.41) is -0.0000266. The summed E-state index contributed by atoms with van der Waals surface area (Å²) in [4.78, 5) is 0.0870.